The van der Waals surface area contributed by atoms with Gasteiger partial charge in [0.05, 0.1) is 32.3 Å². The van der Waals surface area contributed by atoms with Crippen LogP contribution in [0, 0.1) is 11.3 Å². The summed E-state index contributed by atoms with van der Waals surface area (Å²) in [6, 6.07) is 1.81. The molecule has 0 aromatic carbocycles. The first-order chi connectivity index (χ1) is 6.18. The summed E-state index contributed by atoms with van der Waals surface area (Å²) in [6.45, 7) is -0.417. The van der Waals surface area contributed by atoms with Gasteiger partial charge >= 0.3 is 7.82 Å². The van der Waals surface area contributed by atoms with Crippen LogP contribution in [0.1, 0.15) is 6.42 Å². The van der Waals surface area contributed by atoms with Crippen LogP contribution in [-0.4, -0.2) is 32.0 Å². The number of aliphatic hydroxyl groups excluding tert-OH is 1. The van der Waals surface area contributed by atoms with E-state index in [0.717, 1.165) is 0 Å². The highest BCUT2D eigenvalue weighted by Crippen LogP contribution is 2.48. The van der Waals surface area contributed by atoms with Crippen LogP contribution in [0.25, 0.3) is 0 Å². The van der Waals surface area contributed by atoms with Crippen molar-refractivity contribution in [3.8, 4) is 6.07 Å². The third-order valence-corrected chi connectivity index (χ3v) is 2.47. The lowest BCUT2D eigenvalue weighted by atomic mass is 10.5. The minimum absolute atomic E-state index is 0.0208. The summed E-state index contributed by atoms with van der Waals surface area (Å²) in [5.41, 5.74) is 0. The van der Waals surface area contributed by atoms with Crippen LogP contribution >= 0.6 is 7.82 Å². The van der Waals surface area contributed by atoms with Gasteiger partial charge in [-0.3, -0.25) is 13.6 Å². The maximum absolute atomic E-state index is 11.3. The Labute approximate surface area is 76.6 Å². The quantitative estimate of drug-likeness (QED) is 0.490. The molecule has 0 fully saturated rings. The number of nitrogens with zero attached hydrogens (tertiary/aromatic N) is 1. The van der Waals surface area contributed by atoms with Crippen LogP contribution in [0.3, 0.4) is 0 Å². The van der Waals surface area contributed by atoms with E-state index in [1.54, 1.807) is 0 Å². The van der Waals surface area contributed by atoms with Gasteiger partial charge in [0.25, 0.3) is 0 Å². The van der Waals surface area contributed by atoms with E-state index in [-0.39, 0.29) is 26.2 Å². The Morgan fingerprint density at radius 3 is 2.54 bits per heavy atom. The van der Waals surface area contributed by atoms with Crippen LogP contribution < -0.4 is 0 Å². The third kappa shape index (κ3) is 5.75. The van der Waals surface area contributed by atoms with Crippen LogP contribution in [0.2, 0.25) is 0 Å². The Kier molecular flexibility index (Phi) is 6.77. The molecule has 13 heavy (non-hydrogen) atoms. The van der Waals surface area contributed by atoms with Crippen LogP contribution in [-0.2, 0) is 18.1 Å². The number of aliphatic hydroxyl groups is 1. The Morgan fingerprint density at radius 2 is 2.08 bits per heavy atom. The SMILES string of the molecule is COP(=O)(OCCO)OCCC#N. The van der Waals surface area contributed by atoms with Gasteiger partial charge in [0.1, 0.15) is 0 Å². The molecule has 0 spiro atoms. The molecule has 0 bridgehead atoms. The van der Waals surface area contributed by atoms with Crippen molar-refractivity contribution in [2.45, 2.75) is 6.42 Å². The fourth-order valence-electron chi connectivity index (χ4n) is 0.498. The fourth-order valence-corrected chi connectivity index (χ4v) is 1.40. The van der Waals surface area contributed by atoms with E-state index < -0.39 is 7.82 Å². The molecular formula is C6H12NO5P. The van der Waals surface area contributed by atoms with Crippen molar-refractivity contribution in [2.24, 2.45) is 0 Å². The van der Waals surface area contributed by atoms with E-state index in [1.807, 2.05) is 6.07 Å². The fraction of sp³-hybridized carbons (Fsp3) is 0.833. The first kappa shape index (κ1) is 12.6. The topological polar surface area (TPSA) is 88.8 Å². The zero-order valence-electron chi connectivity index (χ0n) is 7.30. The van der Waals surface area contributed by atoms with E-state index in [1.165, 1.54) is 7.11 Å². The Morgan fingerprint density at radius 1 is 1.46 bits per heavy atom. The number of phosphoric ester groups is 1. The summed E-state index contributed by atoms with van der Waals surface area (Å²) in [5.74, 6) is 0. The number of nitriles is 1. The van der Waals surface area contributed by atoms with E-state index in [0.29, 0.717) is 0 Å². The predicted molar refractivity (Wildman–Crippen MR) is 43.8 cm³/mol. The number of hydrogen-bond donors (Lipinski definition) is 1. The largest absolute Gasteiger partial charge is 0.474 e. The van der Waals surface area contributed by atoms with Crippen LogP contribution in [0.5, 0.6) is 0 Å². The van der Waals surface area contributed by atoms with Crippen molar-refractivity contribution in [1.82, 2.24) is 0 Å². The first-order valence-corrected chi connectivity index (χ1v) is 5.07. The third-order valence-electron chi connectivity index (χ3n) is 1.03. The highest BCUT2D eigenvalue weighted by molar-refractivity contribution is 7.48. The van der Waals surface area contributed by atoms with Gasteiger partial charge in [0, 0.05) is 7.11 Å². The smallest absolute Gasteiger partial charge is 0.394 e. The summed E-state index contributed by atoms with van der Waals surface area (Å²) >= 11 is 0. The van der Waals surface area contributed by atoms with E-state index in [9.17, 15) is 4.57 Å². The van der Waals surface area contributed by atoms with Gasteiger partial charge in [0.2, 0.25) is 0 Å². The molecule has 0 heterocycles. The molecular weight excluding hydrogens is 197 g/mol. The van der Waals surface area contributed by atoms with E-state index in [4.69, 9.17) is 14.9 Å². The average molecular weight is 209 g/mol. The highest BCUT2D eigenvalue weighted by atomic mass is 31.2. The second-order valence-corrected chi connectivity index (χ2v) is 3.70. The minimum atomic E-state index is -3.56. The minimum Gasteiger partial charge on any atom is -0.394 e. The Balaban J connectivity index is 3.83. The summed E-state index contributed by atoms with van der Waals surface area (Å²) < 4.78 is 25.1. The molecule has 1 atom stereocenters. The number of rotatable bonds is 7. The van der Waals surface area contributed by atoms with Gasteiger partial charge in [0.15, 0.2) is 0 Å². The van der Waals surface area contributed by atoms with Crippen molar-refractivity contribution in [1.29, 1.82) is 5.26 Å². The average Bonchev–Trinajstić information content (AvgIpc) is 2.15. The van der Waals surface area contributed by atoms with Crippen LogP contribution in [0.4, 0.5) is 0 Å². The Bertz CT molecular complexity index is 214. The van der Waals surface area contributed by atoms with Gasteiger partial charge in [-0.25, -0.2) is 4.57 Å². The summed E-state index contributed by atoms with van der Waals surface area (Å²) in [5, 5.41) is 16.6. The molecule has 0 aliphatic rings. The van der Waals surface area contributed by atoms with Crippen molar-refractivity contribution >= 4 is 7.82 Å². The first-order valence-electron chi connectivity index (χ1n) is 3.61. The van der Waals surface area contributed by atoms with E-state index >= 15 is 0 Å². The molecule has 0 saturated heterocycles. The molecule has 0 aromatic rings. The van der Waals surface area contributed by atoms with Gasteiger partial charge < -0.3 is 5.11 Å². The van der Waals surface area contributed by atoms with Crippen molar-refractivity contribution in [3.05, 3.63) is 0 Å². The molecule has 0 rings (SSSR count). The lowest BCUT2D eigenvalue weighted by Crippen LogP contribution is -2.02. The van der Waals surface area contributed by atoms with Gasteiger partial charge in [-0.2, -0.15) is 5.26 Å². The normalized spacial score (nSPS) is 14.8. The van der Waals surface area contributed by atoms with Gasteiger partial charge in [-0.1, -0.05) is 0 Å². The number of hydrogen-bond acceptors (Lipinski definition) is 6. The zero-order chi connectivity index (χ0) is 10.2. The molecule has 0 saturated carbocycles. The molecule has 1 unspecified atom stereocenters. The van der Waals surface area contributed by atoms with Crippen molar-refractivity contribution in [2.75, 3.05) is 26.9 Å². The highest BCUT2D eigenvalue weighted by Gasteiger charge is 2.23. The number of phosphoric acid groups is 1. The maximum Gasteiger partial charge on any atom is 0.474 e. The Hall–Kier alpha value is -0.440. The summed E-state index contributed by atoms with van der Waals surface area (Å²) in [4.78, 5) is 0. The molecule has 76 valence electrons. The lowest BCUT2D eigenvalue weighted by molar-refractivity contribution is 0.111. The van der Waals surface area contributed by atoms with E-state index in [2.05, 4.69) is 9.05 Å². The van der Waals surface area contributed by atoms with Gasteiger partial charge in [-0.15, -0.1) is 0 Å². The molecule has 1 N–H and O–H groups in total. The summed E-state index contributed by atoms with van der Waals surface area (Å²) in [7, 11) is -2.39. The molecule has 0 aliphatic carbocycles. The molecule has 7 heteroatoms. The predicted octanol–water partition coefficient (Wildman–Crippen LogP) is 0.680. The standard InChI is InChI=1S/C6H12NO5P/c1-10-13(9,12-6-4-8)11-5-2-3-7/h8H,2,4-6H2,1H3. The molecule has 0 amide bonds. The molecule has 0 aliphatic heterocycles. The van der Waals surface area contributed by atoms with Gasteiger partial charge in [-0.05, 0) is 0 Å². The molecule has 6 nitrogen and oxygen atoms in total. The zero-order valence-corrected chi connectivity index (χ0v) is 8.20. The lowest BCUT2D eigenvalue weighted by Gasteiger charge is -2.13. The van der Waals surface area contributed by atoms with Crippen LogP contribution in [0.15, 0.2) is 0 Å². The van der Waals surface area contributed by atoms with Crippen molar-refractivity contribution in [3.63, 3.8) is 0 Å². The summed E-state index contributed by atoms with van der Waals surface area (Å²) in [6.07, 6.45) is 0.107. The second kappa shape index (κ2) is 7.01. The molecule has 0 radical (unpaired) electrons. The molecule has 0 aromatic heterocycles. The second-order valence-electron chi connectivity index (χ2n) is 1.93. The maximum atomic E-state index is 11.3. The van der Waals surface area contributed by atoms with Crippen molar-refractivity contribution < 1.29 is 23.2 Å². The monoisotopic (exact) mass is 209 g/mol.